The maximum absolute atomic E-state index is 4.49. The number of rotatable bonds is 7. The fraction of sp³-hybridized carbons (Fsp3) is 0.0667. The van der Waals surface area contributed by atoms with Crippen LogP contribution >= 0.6 is 11.3 Å². The molecule has 3 aliphatic rings. The van der Waals surface area contributed by atoms with Gasteiger partial charge in [-0.3, -0.25) is 9.98 Å². The van der Waals surface area contributed by atoms with E-state index >= 15 is 0 Å². The van der Waals surface area contributed by atoms with E-state index in [0.717, 1.165) is 22.6 Å². The van der Waals surface area contributed by atoms with Gasteiger partial charge in [-0.05, 0) is 128 Å². The molecule has 0 radical (unpaired) electrons. The number of hydrogen-bond donors (Lipinski definition) is 0. The van der Waals surface area contributed by atoms with E-state index in [-0.39, 0.29) is 0 Å². The van der Waals surface area contributed by atoms with Gasteiger partial charge in [0.2, 0.25) is 0 Å². The molecule has 0 N–H and O–H groups in total. The summed E-state index contributed by atoms with van der Waals surface area (Å²) >= 11 is 1.89. The number of aliphatic imine (C=N–C) groups is 2. The lowest BCUT2D eigenvalue weighted by molar-refractivity contribution is 0.633. The number of thiophene rings is 1. The molecular weight excluding hydrogens is 795 g/mol. The van der Waals surface area contributed by atoms with Gasteiger partial charge in [0.25, 0.3) is 0 Å². The SMILES string of the molecule is C=Nc1ccccc1CN(Cc1ccc2c(c1)-c1c(ccc3sc4ccccc4c13)C21c2ccccc2C2(c3ccccc3-c3ccccc32)c2ccccc21)c1ccccc1N=C. The summed E-state index contributed by atoms with van der Waals surface area (Å²) in [5, 5.41) is 2.64. The third-order valence-corrected chi connectivity index (χ3v) is 15.6. The molecule has 0 unspecified atom stereocenters. The molecule has 0 aliphatic heterocycles. The maximum Gasteiger partial charge on any atom is 0.0855 e. The van der Waals surface area contributed by atoms with Crippen molar-refractivity contribution in [2.45, 2.75) is 23.9 Å². The van der Waals surface area contributed by atoms with E-state index in [2.05, 4.69) is 204 Å². The van der Waals surface area contributed by atoms with Crippen molar-refractivity contribution in [3.05, 3.63) is 256 Å². The monoisotopic (exact) mass is 835 g/mol. The van der Waals surface area contributed by atoms with Gasteiger partial charge < -0.3 is 4.90 Å². The van der Waals surface area contributed by atoms with Crippen LogP contribution in [0.1, 0.15) is 55.6 Å². The Hall–Kier alpha value is -7.66. The van der Waals surface area contributed by atoms with Crippen molar-refractivity contribution >= 4 is 62.0 Å². The molecule has 1 heterocycles. The minimum absolute atomic E-state index is 0.489. The van der Waals surface area contributed by atoms with E-state index in [1.54, 1.807) is 0 Å². The van der Waals surface area contributed by atoms with Gasteiger partial charge in [-0.1, -0.05) is 164 Å². The Morgan fingerprint density at radius 2 is 0.938 bits per heavy atom. The third kappa shape index (κ3) is 4.81. The van der Waals surface area contributed by atoms with Gasteiger partial charge in [0.15, 0.2) is 0 Å². The van der Waals surface area contributed by atoms with Crippen molar-refractivity contribution in [3.63, 3.8) is 0 Å². The topological polar surface area (TPSA) is 28.0 Å². The minimum Gasteiger partial charge on any atom is -0.361 e. The first-order valence-corrected chi connectivity index (χ1v) is 22.8. The quantitative estimate of drug-likeness (QED) is 0.147. The number of para-hydroxylation sites is 3. The Morgan fingerprint density at radius 3 is 1.61 bits per heavy atom. The molecule has 0 saturated carbocycles. The van der Waals surface area contributed by atoms with Crippen LogP contribution in [0.4, 0.5) is 17.1 Å². The van der Waals surface area contributed by atoms with Gasteiger partial charge in [0.1, 0.15) is 0 Å². The third-order valence-electron chi connectivity index (χ3n) is 14.4. The Balaban J connectivity index is 1.10. The molecular formula is C60H41N3S. The Kier molecular flexibility index (Phi) is 8.04. The summed E-state index contributed by atoms with van der Waals surface area (Å²) in [6, 6.07) is 74.7. The van der Waals surface area contributed by atoms with Gasteiger partial charge >= 0.3 is 0 Å². The average Bonchev–Trinajstić information content (AvgIpc) is 3.98. The second kappa shape index (κ2) is 13.9. The normalized spacial score (nSPS) is 14.1. The van der Waals surface area contributed by atoms with Gasteiger partial charge in [-0.25, -0.2) is 0 Å². The number of fused-ring (bicyclic) bond motifs is 20. The van der Waals surface area contributed by atoms with E-state index in [4.69, 9.17) is 0 Å². The molecule has 0 bridgehead atoms. The van der Waals surface area contributed by atoms with Crippen molar-refractivity contribution in [3.8, 4) is 22.3 Å². The molecule has 0 saturated heterocycles. The zero-order valence-electron chi connectivity index (χ0n) is 35.1. The molecule has 0 atom stereocenters. The van der Waals surface area contributed by atoms with Crippen LogP contribution in [0, 0.1) is 0 Å². The van der Waals surface area contributed by atoms with Gasteiger partial charge in [-0.15, -0.1) is 11.3 Å². The second-order valence-corrected chi connectivity index (χ2v) is 18.4. The van der Waals surface area contributed by atoms with Crippen LogP contribution in [0.25, 0.3) is 42.4 Å². The smallest absolute Gasteiger partial charge is 0.0855 e. The van der Waals surface area contributed by atoms with E-state index in [0.29, 0.717) is 13.1 Å². The highest BCUT2D eigenvalue weighted by molar-refractivity contribution is 7.26. The molecule has 4 heteroatoms. The van der Waals surface area contributed by atoms with Crippen LogP contribution in [0.3, 0.4) is 0 Å². The lowest BCUT2D eigenvalue weighted by atomic mass is 9.52. The summed E-state index contributed by atoms with van der Waals surface area (Å²) in [7, 11) is 0. The first kappa shape index (κ1) is 36.9. The standard InChI is InChI=1S/C60H41N3S/c1-61-52-27-13-3-17-39(52)37-63(54-29-15-14-28-53(54)62-2)36-38-31-32-46-43(35-38)57-51(33-34-56-58(57)42-20-6-16-30-55(42)64-56)60(46)49-25-11-9-23-47(49)59(48-24-10-12-26-50(48)60)44-21-7-4-18-40(44)41-19-5-8-22-45(41)59/h3-35H,1-2,36-37H2. The summed E-state index contributed by atoms with van der Waals surface area (Å²) < 4.78 is 2.61. The fourth-order valence-corrected chi connectivity index (χ4v) is 13.2. The Bertz CT molecular complexity index is 3500. The minimum atomic E-state index is -0.584. The summed E-state index contributed by atoms with van der Waals surface area (Å²) in [6.45, 7) is 9.17. The van der Waals surface area contributed by atoms with Crippen LogP contribution in [0.5, 0.6) is 0 Å². The highest BCUT2D eigenvalue weighted by Crippen LogP contribution is 2.68. The Morgan fingerprint density at radius 1 is 0.422 bits per heavy atom. The van der Waals surface area contributed by atoms with Crippen LogP contribution in [0.15, 0.2) is 210 Å². The molecule has 2 spiro atoms. The maximum atomic E-state index is 4.49. The van der Waals surface area contributed by atoms with Crippen LogP contribution in [-0.2, 0) is 23.9 Å². The van der Waals surface area contributed by atoms with Crippen LogP contribution < -0.4 is 4.90 Å². The second-order valence-electron chi connectivity index (χ2n) is 17.3. The molecule has 0 amide bonds. The molecule has 3 aliphatic carbocycles. The first-order valence-electron chi connectivity index (χ1n) is 22.0. The van der Waals surface area contributed by atoms with Crippen LogP contribution in [-0.4, -0.2) is 13.4 Å². The van der Waals surface area contributed by atoms with Gasteiger partial charge in [-0.2, -0.15) is 0 Å². The number of anilines is 1. The van der Waals surface area contributed by atoms with Crippen molar-refractivity contribution < 1.29 is 0 Å². The lowest BCUT2D eigenvalue weighted by Crippen LogP contribution is -2.43. The molecule has 13 rings (SSSR count). The molecule has 64 heavy (non-hydrogen) atoms. The van der Waals surface area contributed by atoms with E-state index < -0.39 is 10.8 Å². The molecule has 3 nitrogen and oxygen atoms in total. The summed E-state index contributed by atoms with van der Waals surface area (Å²) in [5.41, 5.74) is 20.0. The molecule has 302 valence electrons. The van der Waals surface area contributed by atoms with Gasteiger partial charge in [0.05, 0.1) is 27.9 Å². The lowest BCUT2D eigenvalue weighted by Gasteiger charge is -2.48. The fourth-order valence-electron chi connectivity index (χ4n) is 12.1. The number of nitrogens with zero attached hydrogens (tertiary/aromatic N) is 3. The highest BCUT2D eigenvalue weighted by atomic mass is 32.1. The zero-order valence-corrected chi connectivity index (χ0v) is 35.9. The van der Waals surface area contributed by atoms with E-state index in [1.807, 2.05) is 35.6 Å². The van der Waals surface area contributed by atoms with Crippen molar-refractivity contribution in [1.82, 2.24) is 0 Å². The summed E-state index contributed by atoms with van der Waals surface area (Å²) in [4.78, 5) is 11.3. The molecule has 9 aromatic carbocycles. The Labute approximate surface area is 377 Å². The number of benzene rings is 9. The van der Waals surface area contributed by atoms with Crippen LogP contribution in [0.2, 0.25) is 0 Å². The average molecular weight is 836 g/mol. The summed E-state index contributed by atoms with van der Waals surface area (Å²) in [5.74, 6) is 0. The molecule has 0 fully saturated rings. The van der Waals surface area contributed by atoms with Gasteiger partial charge in [0, 0.05) is 33.3 Å². The van der Waals surface area contributed by atoms with E-state index in [9.17, 15) is 0 Å². The molecule has 10 aromatic rings. The highest BCUT2D eigenvalue weighted by Gasteiger charge is 2.59. The summed E-state index contributed by atoms with van der Waals surface area (Å²) in [6.07, 6.45) is 0. The van der Waals surface area contributed by atoms with Crippen molar-refractivity contribution in [1.29, 1.82) is 0 Å². The number of hydrogen-bond acceptors (Lipinski definition) is 4. The van der Waals surface area contributed by atoms with E-state index in [1.165, 1.54) is 92.5 Å². The first-order chi connectivity index (χ1) is 31.7. The van der Waals surface area contributed by atoms with Crippen molar-refractivity contribution in [2.75, 3.05) is 4.90 Å². The largest absolute Gasteiger partial charge is 0.361 e. The predicted molar refractivity (Wildman–Crippen MR) is 269 cm³/mol. The zero-order chi connectivity index (χ0) is 42.6. The predicted octanol–water partition coefficient (Wildman–Crippen LogP) is 15.0. The van der Waals surface area contributed by atoms with Crippen molar-refractivity contribution in [2.24, 2.45) is 9.98 Å². The molecule has 1 aromatic heterocycles.